The predicted molar refractivity (Wildman–Crippen MR) is 77.2 cm³/mol. The molecule has 2 heterocycles. The van der Waals surface area contributed by atoms with E-state index in [9.17, 15) is 4.79 Å². The van der Waals surface area contributed by atoms with Crippen LogP contribution in [0.15, 0.2) is 10.7 Å². The molecule has 1 aliphatic heterocycles. The van der Waals surface area contributed by atoms with Crippen molar-refractivity contribution >= 4 is 21.7 Å². The van der Waals surface area contributed by atoms with Crippen molar-refractivity contribution in [2.45, 2.75) is 39.2 Å². The molecule has 2 aliphatic rings. The van der Waals surface area contributed by atoms with E-state index in [1.165, 1.54) is 0 Å². The number of carbonyl (C=O) groups excluding carboxylic acids is 1. The van der Waals surface area contributed by atoms with E-state index in [4.69, 9.17) is 0 Å². The maximum absolute atomic E-state index is 12.7. The van der Waals surface area contributed by atoms with E-state index in [1.807, 2.05) is 4.68 Å². The number of ketones is 1. The zero-order valence-corrected chi connectivity index (χ0v) is 12.9. The fourth-order valence-electron chi connectivity index (χ4n) is 3.35. The minimum absolute atomic E-state index is 0.221. The Bertz CT molecular complexity index is 491. The molecule has 2 fully saturated rings. The van der Waals surface area contributed by atoms with Gasteiger partial charge in [-0.3, -0.25) is 9.48 Å². The third kappa shape index (κ3) is 2.27. The van der Waals surface area contributed by atoms with Crippen molar-refractivity contribution in [3.63, 3.8) is 0 Å². The molecule has 0 amide bonds. The van der Waals surface area contributed by atoms with Gasteiger partial charge in [-0.15, -0.1) is 0 Å². The molecule has 1 N–H and O–H groups in total. The molecule has 1 saturated heterocycles. The number of aromatic nitrogens is 2. The van der Waals surface area contributed by atoms with Gasteiger partial charge in [0.15, 0.2) is 5.78 Å². The first-order valence-corrected chi connectivity index (χ1v) is 7.93. The number of hydrogen-bond donors (Lipinski definition) is 1. The summed E-state index contributed by atoms with van der Waals surface area (Å²) in [5, 5.41) is 7.69. The number of piperidine rings is 1. The van der Waals surface area contributed by atoms with Crippen LogP contribution in [-0.4, -0.2) is 28.7 Å². The summed E-state index contributed by atoms with van der Waals surface area (Å²) in [6.07, 6.45) is 6.09. The maximum atomic E-state index is 12.7. The van der Waals surface area contributed by atoms with Gasteiger partial charge in [0.25, 0.3) is 0 Å². The Balaban J connectivity index is 1.80. The standard InChI is InChI=1S/C14H20BrN3O/c1-2-7-18-12(11(15)9-17-18)13(19)10-8-14(10)3-5-16-6-4-14/h9-10,16H,2-8H2,1H3. The minimum Gasteiger partial charge on any atom is -0.317 e. The largest absolute Gasteiger partial charge is 0.317 e. The number of nitrogens with one attached hydrogen (secondary N) is 1. The molecule has 3 rings (SSSR count). The highest BCUT2D eigenvalue weighted by atomic mass is 79.9. The predicted octanol–water partition coefficient (Wildman–Crippen LogP) is 2.63. The fourth-order valence-corrected chi connectivity index (χ4v) is 3.84. The van der Waals surface area contributed by atoms with Gasteiger partial charge < -0.3 is 5.32 Å². The highest BCUT2D eigenvalue weighted by Crippen LogP contribution is 2.59. The summed E-state index contributed by atoms with van der Waals surface area (Å²) in [7, 11) is 0. The van der Waals surface area contributed by atoms with Gasteiger partial charge in [-0.1, -0.05) is 6.92 Å². The van der Waals surface area contributed by atoms with E-state index >= 15 is 0 Å². The molecule has 1 spiro atoms. The number of halogens is 1. The molecule has 1 aromatic rings. The zero-order chi connectivity index (χ0) is 13.5. The lowest BCUT2D eigenvalue weighted by atomic mass is 9.90. The van der Waals surface area contributed by atoms with Gasteiger partial charge >= 0.3 is 0 Å². The van der Waals surface area contributed by atoms with E-state index in [1.54, 1.807) is 6.20 Å². The average Bonchev–Trinajstić information content (AvgIpc) is 2.97. The van der Waals surface area contributed by atoms with Crippen LogP contribution in [0.5, 0.6) is 0 Å². The second kappa shape index (κ2) is 5.02. The Morgan fingerprint density at radius 2 is 2.32 bits per heavy atom. The van der Waals surface area contributed by atoms with Crippen LogP contribution in [0.2, 0.25) is 0 Å². The summed E-state index contributed by atoms with van der Waals surface area (Å²) >= 11 is 3.48. The molecule has 0 radical (unpaired) electrons. The molecular formula is C14H20BrN3O. The Morgan fingerprint density at radius 3 is 3.00 bits per heavy atom. The third-order valence-corrected chi connectivity index (χ3v) is 5.15. The van der Waals surface area contributed by atoms with Crippen LogP contribution in [-0.2, 0) is 6.54 Å². The summed E-state index contributed by atoms with van der Waals surface area (Å²) in [4.78, 5) is 12.7. The van der Waals surface area contributed by atoms with Crippen molar-refractivity contribution < 1.29 is 4.79 Å². The summed E-state index contributed by atoms with van der Waals surface area (Å²) in [5.41, 5.74) is 1.07. The molecule has 0 bridgehead atoms. The average molecular weight is 326 g/mol. The quantitative estimate of drug-likeness (QED) is 0.865. The van der Waals surface area contributed by atoms with E-state index in [0.717, 1.165) is 55.5 Å². The van der Waals surface area contributed by atoms with E-state index in [-0.39, 0.29) is 5.92 Å². The van der Waals surface area contributed by atoms with Crippen LogP contribution in [0.25, 0.3) is 0 Å². The van der Waals surface area contributed by atoms with Crippen molar-refractivity contribution in [2.24, 2.45) is 11.3 Å². The van der Waals surface area contributed by atoms with Gasteiger partial charge in [-0.2, -0.15) is 5.10 Å². The van der Waals surface area contributed by atoms with Crippen LogP contribution in [0.1, 0.15) is 43.1 Å². The lowest BCUT2D eigenvalue weighted by Crippen LogP contribution is -2.31. The second-order valence-electron chi connectivity index (χ2n) is 5.80. The first-order valence-electron chi connectivity index (χ1n) is 7.14. The van der Waals surface area contributed by atoms with Gasteiger partial charge in [0.2, 0.25) is 0 Å². The molecule has 1 atom stereocenters. The topological polar surface area (TPSA) is 46.9 Å². The molecule has 1 unspecified atom stereocenters. The summed E-state index contributed by atoms with van der Waals surface area (Å²) in [5.74, 6) is 0.512. The van der Waals surface area contributed by atoms with Gasteiger partial charge in [0.05, 0.1) is 10.7 Å². The molecule has 1 aromatic heterocycles. The van der Waals surface area contributed by atoms with Gasteiger partial charge in [-0.25, -0.2) is 0 Å². The number of aryl methyl sites for hydroxylation is 1. The van der Waals surface area contributed by atoms with Crippen molar-refractivity contribution in [3.05, 3.63) is 16.4 Å². The SMILES string of the molecule is CCCn1ncc(Br)c1C(=O)C1CC12CCNCC2. The Labute approximate surface area is 122 Å². The van der Waals surface area contributed by atoms with E-state index in [2.05, 4.69) is 33.3 Å². The van der Waals surface area contributed by atoms with Crippen molar-refractivity contribution in [2.75, 3.05) is 13.1 Å². The molecule has 104 valence electrons. The summed E-state index contributed by atoms with van der Waals surface area (Å²) < 4.78 is 2.71. The molecule has 1 saturated carbocycles. The summed E-state index contributed by atoms with van der Waals surface area (Å²) in [6.45, 7) is 5.03. The lowest BCUT2D eigenvalue weighted by Gasteiger charge is -2.23. The first kappa shape index (κ1) is 13.3. The van der Waals surface area contributed by atoms with Crippen molar-refractivity contribution in [3.8, 4) is 0 Å². The van der Waals surface area contributed by atoms with Crippen molar-refractivity contribution in [1.82, 2.24) is 15.1 Å². The normalized spacial score (nSPS) is 24.6. The van der Waals surface area contributed by atoms with E-state index < -0.39 is 0 Å². The second-order valence-corrected chi connectivity index (χ2v) is 6.65. The zero-order valence-electron chi connectivity index (χ0n) is 11.3. The van der Waals surface area contributed by atoms with Crippen molar-refractivity contribution in [1.29, 1.82) is 0 Å². The monoisotopic (exact) mass is 325 g/mol. The maximum Gasteiger partial charge on any atom is 0.185 e. The van der Waals surface area contributed by atoms with Crippen LogP contribution < -0.4 is 5.32 Å². The first-order chi connectivity index (χ1) is 9.18. The van der Waals surface area contributed by atoms with E-state index in [0.29, 0.717) is 11.2 Å². The number of Topliss-reactive ketones (excluding diaryl/α,β-unsaturated/α-hetero) is 1. The van der Waals surface area contributed by atoms with Gasteiger partial charge in [-0.05, 0) is 60.1 Å². The lowest BCUT2D eigenvalue weighted by molar-refractivity contribution is 0.0929. The van der Waals surface area contributed by atoms with Gasteiger partial charge in [0, 0.05) is 12.5 Å². The highest BCUT2D eigenvalue weighted by molar-refractivity contribution is 9.10. The fraction of sp³-hybridized carbons (Fsp3) is 0.714. The highest BCUT2D eigenvalue weighted by Gasteiger charge is 2.58. The molecular weight excluding hydrogens is 306 g/mol. The Morgan fingerprint density at radius 1 is 1.58 bits per heavy atom. The molecule has 1 aliphatic carbocycles. The number of hydrogen-bond acceptors (Lipinski definition) is 3. The summed E-state index contributed by atoms with van der Waals surface area (Å²) in [6, 6.07) is 0. The molecule has 0 aromatic carbocycles. The van der Waals surface area contributed by atoms with Gasteiger partial charge in [0.1, 0.15) is 5.69 Å². The molecule has 19 heavy (non-hydrogen) atoms. The Hall–Kier alpha value is -0.680. The molecule has 4 nitrogen and oxygen atoms in total. The third-order valence-electron chi connectivity index (χ3n) is 4.57. The Kier molecular flexibility index (Phi) is 3.52. The molecule has 5 heteroatoms. The van der Waals surface area contributed by atoms with Crippen LogP contribution in [0, 0.1) is 11.3 Å². The van der Waals surface area contributed by atoms with Crippen LogP contribution in [0.3, 0.4) is 0 Å². The van der Waals surface area contributed by atoms with Crippen LogP contribution >= 0.6 is 15.9 Å². The minimum atomic E-state index is 0.221. The number of nitrogens with zero attached hydrogens (tertiary/aromatic N) is 2. The smallest absolute Gasteiger partial charge is 0.185 e. The van der Waals surface area contributed by atoms with Crippen LogP contribution in [0.4, 0.5) is 0 Å². The number of carbonyl (C=O) groups is 1. The number of rotatable bonds is 4.